The second-order valence-electron chi connectivity index (χ2n) is 6.66. The van der Waals surface area contributed by atoms with Crippen LogP contribution < -0.4 is 0 Å². The predicted octanol–water partition coefficient (Wildman–Crippen LogP) is 1.36. The average Bonchev–Trinajstić information content (AvgIpc) is 3.20. The highest BCUT2D eigenvalue weighted by atomic mass is 19.1. The maximum atomic E-state index is 13.3. The van der Waals surface area contributed by atoms with E-state index in [1.165, 1.54) is 23.1 Å². The standard InChI is InChI=1S/C18H19FN4O3/c1-21-5-7-22(8-6-21)18(25)16-20-14-10-23(11-15(14)26-16)17(24)12-3-2-4-13(19)9-12/h2-4,9H,5-8,10-11H2,1H3. The van der Waals surface area contributed by atoms with Crippen molar-refractivity contribution in [3.63, 3.8) is 0 Å². The van der Waals surface area contributed by atoms with Crippen LogP contribution in [0, 0.1) is 5.82 Å². The second-order valence-corrected chi connectivity index (χ2v) is 6.66. The van der Waals surface area contributed by atoms with E-state index in [0.29, 0.717) is 24.5 Å². The molecule has 2 amide bonds. The third-order valence-electron chi connectivity index (χ3n) is 4.79. The molecule has 0 aliphatic carbocycles. The van der Waals surface area contributed by atoms with Crippen LogP contribution in [0.4, 0.5) is 4.39 Å². The van der Waals surface area contributed by atoms with E-state index in [1.54, 1.807) is 11.0 Å². The van der Waals surface area contributed by atoms with Crippen LogP contribution in [-0.2, 0) is 13.1 Å². The van der Waals surface area contributed by atoms with Crippen molar-refractivity contribution >= 4 is 11.8 Å². The number of hydrogen-bond donors (Lipinski definition) is 0. The minimum Gasteiger partial charge on any atom is -0.435 e. The van der Waals surface area contributed by atoms with Crippen LogP contribution in [0.2, 0.25) is 0 Å². The molecule has 136 valence electrons. The van der Waals surface area contributed by atoms with Crippen LogP contribution in [0.1, 0.15) is 32.5 Å². The molecule has 0 N–H and O–H groups in total. The number of carbonyl (C=O) groups excluding carboxylic acids is 2. The molecule has 3 heterocycles. The number of halogens is 1. The van der Waals surface area contributed by atoms with Gasteiger partial charge in [0.15, 0.2) is 0 Å². The van der Waals surface area contributed by atoms with E-state index in [9.17, 15) is 14.0 Å². The molecular weight excluding hydrogens is 339 g/mol. The number of nitrogens with zero attached hydrogens (tertiary/aromatic N) is 4. The van der Waals surface area contributed by atoms with Crippen LogP contribution >= 0.6 is 0 Å². The van der Waals surface area contributed by atoms with Gasteiger partial charge in [-0.2, -0.15) is 0 Å². The Morgan fingerprint density at radius 2 is 1.85 bits per heavy atom. The summed E-state index contributed by atoms with van der Waals surface area (Å²) in [6.07, 6.45) is 0. The molecule has 1 fully saturated rings. The van der Waals surface area contributed by atoms with E-state index < -0.39 is 5.82 Å². The van der Waals surface area contributed by atoms with Gasteiger partial charge < -0.3 is 19.1 Å². The molecule has 0 bridgehead atoms. The molecule has 2 aliphatic heterocycles. The van der Waals surface area contributed by atoms with E-state index in [2.05, 4.69) is 9.88 Å². The van der Waals surface area contributed by atoms with Crippen molar-refractivity contribution in [2.75, 3.05) is 33.2 Å². The Morgan fingerprint density at radius 3 is 2.54 bits per heavy atom. The number of aromatic nitrogens is 1. The number of oxazole rings is 1. The first kappa shape index (κ1) is 16.7. The molecule has 0 atom stereocenters. The summed E-state index contributed by atoms with van der Waals surface area (Å²) in [5.41, 5.74) is 0.871. The Labute approximate surface area is 150 Å². The van der Waals surface area contributed by atoms with E-state index in [0.717, 1.165) is 13.1 Å². The Bertz CT molecular complexity index is 834. The first-order valence-electron chi connectivity index (χ1n) is 8.52. The van der Waals surface area contributed by atoms with Crippen LogP contribution in [-0.4, -0.2) is 64.7 Å². The number of amides is 2. The molecule has 2 aromatic rings. The summed E-state index contributed by atoms with van der Waals surface area (Å²) >= 11 is 0. The van der Waals surface area contributed by atoms with Gasteiger partial charge in [-0.3, -0.25) is 9.59 Å². The van der Waals surface area contributed by atoms with E-state index in [4.69, 9.17) is 4.42 Å². The molecule has 1 aromatic carbocycles. The van der Waals surface area contributed by atoms with Crippen molar-refractivity contribution in [1.82, 2.24) is 19.7 Å². The van der Waals surface area contributed by atoms with E-state index in [1.807, 2.05) is 7.05 Å². The van der Waals surface area contributed by atoms with Gasteiger partial charge in [0.05, 0.1) is 13.1 Å². The van der Waals surface area contributed by atoms with Gasteiger partial charge in [-0.25, -0.2) is 9.37 Å². The van der Waals surface area contributed by atoms with Gasteiger partial charge in [0.25, 0.3) is 11.8 Å². The van der Waals surface area contributed by atoms with Crippen molar-refractivity contribution < 1.29 is 18.4 Å². The van der Waals surface area contributed by atoms with Gasteiger partial charge in [-0.15, -0.1) is 0 Å². The lowest BCUT2D eigenvalue weighted by Crippen LogP contribution is -2.47. The lowest BCUT2D eigenvalue weighted by molar-refractivity contribution is 0.0619. The first-order chi connectivity index (χ1) is 12.5. The topological polar surface area (TPSA) is 69.9 Å². The Hall–Kier alpha value is -2.74. The Balaban J connectivity index is 1.44. The number of piperazine rings is 1. The molecule has 7 nitrogen and oxygen atoms in total. The van der Waals surface area contributed by atoms with Crippen LogP contribution in [0.15, 0.2) is 28.7 Å². The van der Waals surface area contributed by atoms with Gasteiger partial charge in [0.2, 0.25) is 0 Å². The summed E-state index contributed by atoms with van der Waals surface area (Å²) in [5.74, 6) is -0.352. The summed E-state index contributed by atoms with van der Waals surface area (Å²) < 4.78 is 18.9. The zero-order valence-electron chi connectivity index (χ0n) is 14.4. The fourth-order valence-corrected chi connectivity index (χ4v) is 3.22. The molecule has 0 spiro atoms. The zero-order chi connectivity index (χ0) is 18.3. The number of hydrogen-bond acceptors (Lipinski definition) is 5. The molecule has 26 heavy (non-hydrogen) atoms. The van der Waals surface area contributed by atoms with Crippen LogP contribution in [0.5, 0.6) is 0 Å². The molecule has 1 aromatic heterocycles. The van der Waals surface area contributed by atoms with Crippen molar-refractivity contribution in [1.29, 1.82) is 0 Å². The number of rotatable bonds is 2. The zero-order valence-corrected chi connectivity index (χ0v) is 14.4. The van der Waals surface area contributed by atoms with Crippen molar-refractivity contribution in [2.24, 2.45) is 0 Å². The van der Waals surface area contributed by atoms with Gasteiger partial charge in [0.1, 0.15) is 17.3 Å². The smallest absolute Gasteiger partial charge is 0.309 e. The van der Waals surface area contributed by atoms with Crippen LogP contribution in [0.25, 0.3) is 0 Å². The largest absolute Gasteiger partial charge is 0.435 e. The maximum Gasteiger partial charge on any atom is 0.309 e. The summed E-state index contributed by atoms with van der Waals surface area (Å²) in [6, 6.07) is 5.57. The normalized spacial score (nSPS) is 17.5. The summed E-state index contributed by atoms with van der Waals surface area (Å²) in [5, 5.41) is 0. The van der Waals surface area contributed by atoms with Gasteiger partial charge >= 0.3 is 5.91 Å². The van der Waals surface area contributed by atoms with E-state index in [-0.39, 0.29) is 36.4 Å². The third-order valence-corrected chi connectivity index (χ3v) is 4.79. The average molecular weight is 358 g/mol. The predicted molar refractivity (Wildman–Crippen MR) is 89.9 cm³/mol. The summed E-state index contributed by atoms with van der Waals surface area (Å²) in [7, 11) is 2.02. The lowest BCUT2D eigenvalue weighted by Gasteiger charge is -2.31. The summed E-state index contributed by atoms with van der Waals surface area (Å²) in [6.45, 7) is 3.42. The minimum atomic E-state index is -0.454. The fourth-order valence-electron chi connectivity index (χ4n) is 3.22. The molecule has 1 saturated heterocycles. The van der Waals surface area contributed by atoms with Gasteiger partial charge in [-0.1, -0.05) is 6.07 Å². The third kappa shape index (κ3) is 3.08. The number of carbonyl (C=O) groups is 2. The van der Waals surface area contributed by atoms with Crippen molar-refractivity contribution in [3.05, 3.63) is 53.0 Å². The Kier molecular flexibility index (Phi) is 4.20. The molecule has 4 rings (SSSR count). The maximum absolute atomic E-state index is 13.3. The van der Waals surface area contributed by atoms with Gasteiger partial charge in [0, 0.05) is 31.7 Å². The minimum absolute atomic E-state index is 0.0809. The summed E-state index contributed by atoms with van der Waals surface area (Å²) in [4.78, 5) is 34.7. The fraction of sp³-hybridized carbons (Fsp3) is 0.389. The molecule has 8 heteroatoms. The van der Waals surface area contributed by atoms with Gasteiger partial charge in [-0.05, 0) is 25.2 Å². The SMILES string of the molecule is CN1CCN(C(=O)c2nc3c(o2)CN(C(=O)c2cccc(F)c2)C3)CC1. The Morgan fingerprint density at radius 1 is 1.08 bits per heavy atom. The number of likely N-dealkylation sites (N-methyl/N-ethyl adjacent to an activating group) is 1. The number of fused-ring (bicyclic) bond motifs is 1. The molecule has 0 unspecified atom stereocenters. The number of benzene rings is 1. The molecule has 0 saturated carbocycles. The highest BCUT2D eigenvalue weighted by Crippen LogP contribution is 2.25. The quantitative estimate of drug-likeness (QED) is 0.811. The molecular formula is C18H19FN4O3. The second kappa shape index (κ2) is 6.53. The monoisotopic (exact) mass is 358 g/mol. The lowest BCUT2D eigenvalue weighted by atomic mass is 10.2. The first-order valence-corrected chi connectivity index (χ1v) is 8.52. The van der Waals surface area contributed by atoms with Crippen LogP contribution in [0.3, 0.4) is 0 Å². The van der Waals surface area contributed by atoms with E-state index >= 15 is 0 Å². The molecule has 0 radical (unpaired) electrons. The highest BCUT2D eigenvalue weighted by Gasteiger charge is 2.32. The highest BCUT2D eigenvalue weighted by molar-refractivity contribution is 5.94. The van der Waals surface area contributed by atoms with Crippen molar-refractivity contribution in [3.8, 4) is 0 Å². The van der Waals surface area contributed by atoms with Crippen molar-refractivity contribution in [2.45, 2.75) is 13.1 Å². The molecule has 2 aliphatic rings.